The average Bonchev–Trinajstić information content (AvgIpc) is 2.39. The third-order valence-corrected chi connectivity index (χ3v) is 2.96. The zero-order valence-corrected chi connectivity index (χ0v) is 12.7. The van der Waals surface area contributed by atoms with Crippen LogP contribution in [0.25, 0.3) is 0 Å². The van der Waals surface area contributed by atoms with Crippen molar-refractivity contribution in [3.05, 3.63) is 0 Å². The summed E-state index contributed by atoms with van der Waals surface area (Å²) in [6.45, 7) is 5.62. The van der Waals surface area contributed by atoms with E-state index in [-0.39, 0.29) is 30.8 Å². The van der Waals surface area contributed by atoms with E-state index in [4.69, 9.17) is 10.5 Å². The van der Waals surface area contributed by atoms with Crippen LogP contribution >= 0.6 is 0 Å². The number of hydrogen-bond donors (Lipinski definition) is 4. The van der Waals surface area contributed by atoms with Crippen molar-refractivity contribution in [2.45, 2.75) is 38.8 Å². The van der Waals surface area contributed by atoms with Crippen LogP contribution in [0.15, 0.2) is 0 Å². The quantitative estimate of drug-likeness (QED) is 0.434. The van der Waals surface area contributed by atoms with E-state index in [1.165, 1.54) is 0 Å². The highest BCUT2D eigenvalue weighted by molar-refractivity contribution is 5.87. The van der Waals surface area contributed by atoms with Gasteiger partial charge in [-0.25, -0.2) is 0 Å². The normalized spacial score (nSPS) is 15.6. The van der Waals surface area contributed by atoms with Crippen molar-refractivity contribution in [1.82, 2.24) is 10.6 Å². The lowest BCUT2D eigenvalue weighted by atomic mass is 10.0. The molecule has 7 nitrogen and oxygen atoms in total. The van der Waals surface area contributed by atoms with Crippen molar-refractivity contribution in [2.75, 3.05) is 26.8 Å². The molecule has 7 heteroatoms. The van der Waals surface area contributed by atoms with Crippen molar-refractivity contribution in [3.63, 3.8) is 0 Å². The minimum absolute atomic E-state index is 0.00726. The fourth-order valence-corrected chi connectivity index (χ4v) is 1.35. The van der Waals surface area contributed by atoms with Crippen LogP contribution in [-0.4, -0.2) is 55.4 Å². The minimum Gasteiger partial charge on any atom is -0.388 e. The van der Waals surface area contributed by atoms with E-state index in [1.807, 2.05) is 13.8 Å². The van der Waals surface area contributed by atoms with Gasteiger partial charge >= 0.3 is 0 Å². The van der Waals surface area contributed by atoms with E-state index in [1.54, 1.807) is 14.0 Å². The van der Waals surface area contributed by atoms with Crippen molar-refractivity contribution >= 4 is 11.8 Å². The maximum absolute atomic E-state index is 11.6. The third kappa shape index (κ3) is 8.08. The lowest BCUT2D eigenvalue weighted by Gasteiger charge is -2.23. The average molecular weight is 289 g/mol. The van der Waals surface area contributed by atoms with Crippen LogP contribution in [0.4, 0.5) is 0 Å². The number of nitrogens with one attached hydrogen (secondary N) is 2. The second-order valence-electron chi connectivity index (χ2n) is 5.50. The molecule has 0 saturated carbocycles. The van der Waals surface area contributed by atoms with E-state index in [9.17, 15) is 14.7 Å². The number of aliphatic hydroxyl groups is 1. The molecule has 20 heavy (non-hydrogen) atoms. The number of rotatable bonds is 9. The summed E-state index contributed by atoms with van der Waals surface area (Å²) in [6.07, 6.45) is 0.411. The van der Waals surface area contributed by atoms with Gasteiger partial charge in [-0.3, -0.25) is 9.59 Å². The monoisotopic (exact) mass is 289 g/mol. The van der Waals surface area contributed by atoms with E-state index >= 15 is 0 Å². The van der Waals surface area contributed by atoms with Gasteiger partial charge in [0.2, 0.25) is 11.8 Å². The van der Waals surface area contributed by atoms with Gasteiger partial charge in [-0.2, -0.15) is 0 Å². The number of nitrogens with two attached hydrogens (primary N) is 1. The molecule has 0 aliphatic carbocycles. The van der Waals surface area contributed by atoms with Gasteiger partial charge in [-0.05, 0) is 12.8 Å². The van der Waals surface area contributed by atoms with Gasteiger partial charge in [0.1, 0.15) is 0 Å². The zero-order chi connectivity index (χ0) is 15.8. The molecule has 2 amide bonds. The molecule has 0 saturated heterocycles. The summed E-state index contributed by atoms with van der Waals surface area (Å²) in [5.41, 5.74) is 4.61. The second-order valence-corrected chi connectivity index (χ2v) is 5.50. The molecule has 0 fully saturated rings. The Kier molecular flexibility index (Phi) is 8.36. The minimum atomic E-state index is -1.04. The molecule has 118 valence electrons. The lowest BCUT2D eigenvalue weighted by Crippen LogP contribution is -2.49. The molecule has 0 bridgehead atoms. The first-order valence-electron chi connectivity index (χ1n) is 6.71. The van der Waals surface area contributed by atoms with Crippen LogP contribution in [0.1, 0.15) is 27.2 Å². The smallest absolute Gasteiger partial charge is 0.239 e. The molecular weight excluding hydrogens is 262 g/mol. The van der Waals surface area contributed by atoms with Crippen molar-refractivity contribution in [3.8, 4) is 0 Å². The molecule has 2 atom stereocenters. The number of methoxy groups -OCH3 is 1. The molecular formula is C13H27N3O4. The van der Waals surface area contributed by atoms with Gasteiger partial charge in [0.15, 0.2) is 0 Å². The highest BCUT2D eigenvalue weighted by Crippen LogP contribution is 2.07. The Morgan fingerprint density at radius 2 is 1.95 bits per heavy atom. The zero-order valence-electron chi connectivity index (χ0n) is 12.7. The number of carbonyl (C=O) groups excluding carboxylic acids is 2. The first kappa shape index (κ1) is 18.8. The van der Waals surface area contributed by atoms with Crippen LogP contribution in [0.2, 0.25) is 0 Å². The van der Waals surface area contributed by atoms with Gasteiger partial charge < -0.3 is 26.2 Å². The topological polar surface area (TPSA) is 114 Å². The number of ether oxygens (including phenoxy) is 1. The van der Waals surface area contributed by atoms with Gasteiger partial charge in [0, 0.05) is 26.7 Å². The van der Waals surface area contributed by atoms with E-state index in [0.717, 1.165) is 0 Å². The predicted molar refractivity (Wildman–Crippen MR) is 75.9 cm³/mol. The maximum Gasteiger partial charge on any atom is 0.239 e. The van der Waals surface area contributed by atoms with Crippen LogP contribution in [0, 0.1) is 5.92 Å². The summed E-state index contributed by atoms with van der Waals surface area (Å²) >= 11 is 0. The molecule has 0 aromatic heterocycles. The molecule has 0 aliphatic heterocycles. The fraction of sp³-hybridized carbons (Fsp3) is 0.846. The highest BCUT2D eigenvalue weighted by Gasteiger charge is 2.21. The Hall–Kier alpha value is -1.18. The van der Waals surface area contributed by atoms with Crippen LogP contribution in [0.3, 0.4) is 0 Å². The Bertz CT molecular complexity index is 319. The van der Waals surface area contributed by atoms with Gasteiger partial charge in [0.05, 0.1) is 18.2 Å². The summed E-state index contributed by atoms with van der Waals surface area (Å²) in [4.78, 5) is 23.1. The molecule has 5 N–H and O–H groups in total. The van der Waals surface area contributed by atoms with E-state index in [0.29, 0.717) is 13.0 Å². The Balaban J connectivity index is 3.98. The van der Waals surface area contributed by atoms with Gasteiger partial charge in [-0.15, -0.1) is 0 Å². The fourth-order valence-electron chi connectivity index (χ4n) is 1.35. The highest BCUT2D eigenvalue weighted by atomic mass is 16.5. The molecule has 0 aromatic carbocycles. The first-order valence-corrected chi connectivity index (χ1v) is 6.71. The second kappa shape index (κ2) is 8.89. The van der Waals surface area contributed by atoms with Crippen LogP contribution in [-0.2, 0) is 14.3 Å². The van der Waals surface area contributed by atoms with Crippen LogP contribution < -0.4 is 16.4 Å². The Morgan fingerprint density at radius 3 is 2.45 bits per heavy atom. The number of carbonyl (C=O) groups is 2. The number of amides is 2. The van der Waals surface area contributed by atoms with E-state index in [2.05, 4.69) is 10.6 Å². The summed E-state index contributed by atoms with van der Waals surface area (Å²) in [5.74, 6) is -0.721. The molecule has 0 aromatic rings. The molecule has 0 aliphatic rings. The number of hydrogen-bond acceptors (Lipinski definition) is 5. The first-order chi connectivity index (χ1) is 9.19. The largest absolute Gasteiger partial charge is 0.388 e. The summed E-state index contributed by atoms with van der Waals surface area (Å²) in [6, 6.07) is -0.632. The SMILES string of the molecule is COCCC(C)(O)CNC(=O)CNC(=O)[C@@H](N)C(C)C. The summed E-state index contributed by atoms with van der Waals surface area (Å²) in [7, 11) is 1.54. The molecule has 0 spiro atoms. The lowest BCUT2D eigenvalue weighted by molar-refractivity contribution is -0.127. The van der Waals surface area contributed by atoms with Gasteiger partial charge in [0.25, 0.3) is 0 Å². The predicted octanol–water partition coefficient (Wildman–Crippen LogP) is -1.01. The van der Waals surface area contributed by atoms with Crippen molar-refractivity contribution in [1.29, 1.82) is 0 Å². The maximum atomic E-state index is 11.6. The van der Waals surface area contributed by atoms with Crippen molar-refractivity contribution < 1.29 is 19.4 Å². The third-order valence-electron chi connectivity index (χ3n) is 2.96. The summed E-state index contributed by atoms with van der Waals surface area (Å²) in [5, 5.41) is 14.9. The van der Waals surface area contributed by atoms with Crippen molar-refractivity contribution in [2.24, 2.45) is 11.7 Å². The Labute approximate surface area is 120 Å². The molecule has 0 radical (unpaired) electrons. The molecule has 0 heterocycles. The Morgan fingerprint density at radius 1 is 1.35 bits per heavy atom. The van der Waals surface area contributed by atoms with Gasteiger partial charge in [-0.1, -0.05) is 13.8 Å². The standard InChI is InChI=1S/C13H27N3O4/c1-9(2)11(14)12(18)15-7-10(17)16-8-13(3,19)5-6-20-4/h9,11,19H,5-8,14H2,1-4H3,(H,15,18)(H,16,17)/t11-,13?/m0/s1. The van der Waals surface area contributed by atoms with E-state index < -0.39 is 11.6 Å². The molecule has 0 rings (SSSR count). The van der Waals surface area contributed by atoms with Crippen LogP contribution in [0.5, 0.6) is 0 Å². The molecule has 1 unspecified atom stereocenters. The summed E-state index contributed by atoms with van der Waals surface area (Å²) < 4.78 is 4.87.